The van der Waals surface area contributed by atoms with Gasteiger partial charge in [0, 0.05) is 113 Å². The van der Waals surface area contributed by atoms with Crippen LogP contribution in [0.25, 0.3) is 187 Å². The first-order chi connectivity index (χ1) is 58.8. The molecule has 0 N–H and O–H groups in total. The highest BCUT2D eigenvalue weighted by Gasteiger charge is 2.52. The number of hydrogen-bond acceptors (Lipinski definition) is 14. The van der Waals surface area contributed by atoms with Crippen LogP contribution in [0, 0.1) is 0 Å². The van der Waals surface area contributed by atoms with Gasteiger partial charge in [0.2, 0.25) is 0 Å². The normalized spacial score (nSPS) is 12.8. The smallest absolute Gasteiger partial charge is 0.399 e. The molecule has 1 saturated heterocycles. The fourth-order valence-corrected chi connectivity index (χ4v) is 17.4. The first-order valence-electron chi connectivity index (χ1n) is 39.7. The van der Waals surface area contributed by atoms with Gasteiger partial charge >= 0.3 is 7.12 Å². The standard InChI is InChI=1S/C49H31N5S.C39H32BN3O2S.C16H11ClN2/c1-5-15-32(16-6-1)40-31-41(51-46(50-40)34-17-7-2-8-18-34)38-29-30-43-45(39-23-13-14-24-42(39)55-43)44(38)33-25-27-37(28-26-33)49-53-47(35-19-9-3-10-20-35)52-48(54-49)36-21-11-4-12-22-36;1-38(2)39(3,4)45-40(44-38)30-23-24-32-34(29-17-11-12-18-31(29)46-32)33(30)25-19-21-28(22-20-25)37-42-35(26-13-7-5-8-14-26)41-36(43-37)27-15-9-6-10-16-27;17-15-11-14(12-7-3-1-4-8-12)18-16(19-15)13-9-5-2-6-10-13/h1-31H;5-24H,1-4H3;1-11H. The molecule has 0 unspecified atom stereocenters. The van der Waals surface area contributed by atoms with Gasteiger partial charge in [-0.25, -0.2) is 49.8 Å². The molecule has 0 amide bonds. The van der Waals surface area contributed by atoms with Crippen molar-refractivity contribution in [2.45, 2.75) is 38.9 Å². The number of rotatable bonds is 14. The minimum atomic E-state index is -0.492. The Labute approximate surface area is 708 Å². The summed E-state index contributed by atoms with van der Waals surface area (Å²) in [5.41, 5.74) is 17.8. The average molecular weight is 1610 g/mol. The van der Waals surface area contributed by atoms with E-state index in [4.69, 9.17) is 60.8 Å². The van der Waals surface area contributed by atoms with Crippen molar-refractivity contribution in [3.05, 3.63) is 381 Å². The molecule has 12 nitrogen and oxygen atoms in total. The van der Waals surface area contributed by atoms with E-state index in [-0.39, 0.29) is 0 Å². The Morgan fingerprint density at radius 1 is 0.242 bits per heavy atom. The summed E-state index contributed by atoms with van der Waals surface area (Å²) in [4.78, 5) is 48.8. The zero-order chi connectivity index (χ0) is 81.1. The van der Waals surface area contributed by atoms with Crippen LogP contribution in [-0.2, 0) is 9.31 Å². The van der Waals surface area contributed by atoms with Gasteiger partial charge in [-0.2, -0.15) is 0 Å². The lowest BCUT2D eigenvalue weighted by Gasteiger charge is -2.32. The fraction of sp³-hybridized carbons (Fsp3) is 0.0577. The highest BCUT2D eigenvalue weighted by Crippen LogP contribution is 2.47. The van der Waals surface area contributed by atoms with Crippen LogP contribution in [0.4, 0.5) is 0 Å². The van der Waals surface area contributed by atoms with Gasteiger partial charge in [0.25, 0.3) is 0 Å². The Morgan fingerprint density at radius 3 is 0.892 bits per heavy atom. The van der Waals surface area contributed by atoms with Crippen molar-refractivity contribution < 1.29 is 9.31 Å². The van der Waals surface area contributed by atoms with Crippen LogP contribution in [0.1, 0.15) is 27.7 Å². The summed E-state index contributed by atoms with van der Waals surface area (Å²) in [6, 6.07) is 128. The molecule has 120 heavy (non-hydrogen) atoms. The van der Waals surface area contributed by atoms with Crippen LogP contribution >= 0.6 is 34.3 Å². The molecule has 20 aromatic rings. The molecule has 1 aliphatic heterocycles. The van der Waals surface area contributed by atoms with E-state index in [0.717, 1.165) is 106 Å². The van der Waals surface area contributed by atoms with E-state index >= 15 is 0 Å². The zero-order valence-electron chi connectivity index (χ0n) is 65.9. The second-order valence-corrected chi connectivity index (χ2v) is 32.7. The van der Waals surface area contributed by atoms with Gasteiger partial charge in [0.1, 0.15) is 5.15 Å². The van der Waals surface area contributed by atoms with E-state index < -0.39 is 18.3 Å². The summed E-state index contributed by atoms with van der Waals surface area (Å²) in [6.07, 6.45) is 0. The molecule has 1 aliphatic rings. The van der Waals surface area contributed by atoms with Gasteiger partial charge in [-0.1, -0.05) is 351 Å². The third-order valence-electron chi connectivity index (χ3n) is 21.8. The Morgan fingerprint density at radius 2 is 0.517 bits per heavy atom. The third-order valence-corrected chi connectivity index (χ3v) is 24.3. The molecule has 0 atom stereocenters. The van der Waals surface area contributed by atoms with E-state index in [0.29, 0.717) is 51.7 Å². The maximum absolute atomic E-state index is 6.61. The van der Waals surface area contributed by atoms with Gasteiger partial charge in [-0.3, -0.25) is 0 Å². The number of thiophene rings is 2. The molecule has 0 bridgehead atoms. The molecular formula is C104H74BClN10O2S2. The van der Waals surface area contributed by atoms with E-state index in [9.17, 15) is 0 Å². The maximum Gasteiger partial charge on any atom is 0.495 e. The van der Waals surface area contributed by atoms with Crippen molar-refractivity contribution in [1.82, 2.24) is 49.8 Å². The Hall–Kier alpha value is -14.0. The second-order valence-electron chi connectivity index (χ2n) is 30.1. The SMILES string of the molecule is CC1(C)OB(c2ccc3sc4ccccc4c3c2-c2ccc(-c3nc(-c4ccccc4)nc(-c4ccccc4)n3)cc2)OC1(C)C.Clc1cc(-c2ccccc2)nc(-c2ccccc2)n1.c1ccc(-c2cc(-c3ccc4sc5ccccc5c4c3-c3ccc(-c4nc(-c5ccccc5)nc(-c5ccccc5)n4)cc3)nc(-c3ccccc3)n2)cc1. The molecule has 14 aromatic carbocycles. The van der Waals surface area contributed by atoms with Crippen molar-refractivity contribution in [3.8, 4) is 147 Å². The Kier molecular flexibility index (Phi) is 21.0. The molecule has 574 valence electrons. The van der Waals surface area contributed by atoms with Crippen LogP contribution in [-0.4, -0.2) is 68.2 Å². The summed E-state index contributed by atoms with van der Waals surface area (Å²) in [7, 11) is -0.492. The number of fused-ring (bicyclic) bond motifs is 6. The number of nitrogens with zero attached hydrogens (tertiary/aromatic N) is 10. The largest absolute Gasteiger partial charge is 0.495 e. The van der Waals surface area contributed by atoms with E-state index in [1.807, 2.05) is 241 Å². The van der Waals surface area contributed by atoms with Crippen molar-refractivity contribution in [2.75, 3.05) is 0 Å². The first-order valence-corrected chi connectivity index (χ1v) is 41.7. The number of aromatic nitrogens is 10. The van der Waals surface area contributed by atoms with Crippen molar-refractivity contribution in [1.29, 1.82) is 0 Å². The molecule has 6 aromatic heterocycles. The van der Waals surface area contributed by atoms with E-state index in [2.05, 4.69) is 189 Å². The molecule has 1 fully saturated rings. The molecule has 7 heterocycles. The Bertz CT molecular complexity index is 6840. The molecule has 0 spiro atoms. The number of benzene rings is 14. The van der Waals surface area contributed by atoms with Gasteiger partial charge in [-0.15, -0.1) is 22.7 Å². The van der Waals surface area contributed by atoms with E-state index in [1.165, 1.54) is 40.3 Å². The molecule has 16 heteroatoms. The lowest BCUT2D eigenvalue weighted by atomic mass is 9.73. The molecule has 0 saturated carbocycles. The fourth-order valence-electron chi connectivity index (χ4n) is 15.0. The predicted molar refractivity (Wildman–Crippen MR) is 494 cm³/mol. The van der Waals surface area contributed by atoms with Crippen LogP contribution in [0.15, 0.2) is 376 Å². The summed E-state index contributed by atoms with van der Waals surface area (Å²) in [5.74, 6) is 5.14. The highest BCUT2D eigenvalue weighted by atomic mass is 35.5. The first kappa shape index (κ1) is 76.0. The zero-order valence-corrected chi connectivity index (χ0v) is 68.2. The van der Waals surface area contributed by atoms with Crippen LogP contribution in [0.3, 0.4) is 0 Å². The summed E-state index contributed by atoms with van der Waals surface area (Å²) in [6.45, 7) is 8.40. The van der Waals surface area contributed by atoms with Crippen LogP contribution < -0.4 is 5.46 Å². The quantitative estimate of drug-likeness (QED) is 0.0754. The molecule has 0 aliphatic carbocycles. The monoisotopic (exact) mass is 1600 g/mol. The molecule has 0 radical (unpaired) electrons. The second kappa shape index (κ2) is 33.2. The van der Waals surface area contributed by atoms with Gasteiger partial charge < -0.3 is 9.31 Å². The molecular weight excluding hydrogens is 1530 g/mol. The lowest BCUT2D eigenvalue weighted by Crippen LogP contribution is -2.41. The van der Waals surface area contributed by atoms with Gasteiger partial charge in [-0.05, 0) is 80.2 Å². The third kappa shape index (κ3) is 15.7. The summed E-state index contributed by atoms with van der Waals surface area (Å²) < 4.78 is 18.2. The lowest BCUT2D eigenvalue weighted by molar-refractivity contribution is 0.00578. The minimum absolute atomic E-state index is 0.448. The van der Waals surface area contributed by atoms with Gasteiger partial charge in [0.05, 0.1) is 28.3 Å². The van der Waals surface area contributed by atoms with Gasteiger partial charge in [0.15, 0.2) is 46.6 Å². The predicted octanol–water partition coefficient (Wildman–Crippen LogP) is 26.4. The molecule has 21 rings (SSSR count). The minimum Gasteiger partial charge on any atom is -0.399 e. The van der Waals surface area contributed by atoms with Crippen molar-refractivity contribution in [3.63, 3.8) is 0 Å². The summed E-state index contributed by atoms with van der Waals surface area (Å²) >= 11 is 9.72. The average Bonchev–Trinajstić information content (AvgIpc) is 1.58. The number of hydrogen-bond donors (Lipinski definition) is 0. The summed E-state index contributed by atoms with van der Waals surface area (Å²) in [5, 5.41) is 5.34. The number of halogens is 1. The van der Waals surface area contributed by atoms with Crippen molar-refractivity contribution >= 4 is 87.2 Å². The highest BCUT2D eigenvalue weighted by molar-refractivity contribution is 7.26. The van der Waals surface area contributed by atoms with Crippen LogP contribution in [0.2, 0.25) is 5.15 Å². The maximum atomic E-state index is 6.61. The Balaban J connectivity index is 0.000000132. The van der Waals surface area contributed by atoms with E-state index in [1.54, 1.807) is 6.07 Å². The van der Waals surface area contributed by atoms with Crippen molar-refractivity contribution in [2.24, 2.45) is 0 Å². The topological polar surface area (TPSA) is 147 Å². The van der Waals surface area contributed by atoms with Crippen LogP contribution in [0.5, 0.6) is 0 Å².